The standard InChI is InChI=1S/C17H28N6OS/c1-25-17-20-16-19-15-13(12-23(16)21-17)4-2-3-5-14(15)18-6-7-22-8-10-24-11-9-22/h14,18H,2-12H2,1H3,(H,19,20,21). The summed E-state index contributed by atoms with van der Waals surface area (Å²) in [5, 5.41) is 12.8. The van der Waals surface area contributed by atoms with Gasteiger partial charge in [0.05, 0.1) is 19.8 Å². The Morgan fingerprint density at radius 2 is 2.20 bits per heavy atom. The lowest BCUT2D eigenvalue weighted by Gasteiger charge is -2.30. The molecule has 2 aliphatic heterocycles. The molecular formula is C17H28N6OS. The second kappa shape index (κ2) is 8.07. The average molecular weight is 365 g/mol. The maximum absolute atomic E-state index is 5.43. The molecule has 1 atom stereocenters. The van der Waals surface area contributed by atoms with Crippen LogP contribution in [0.5, 0.6) is 0 Å². The topological polar surface area (TPSA) is 67.2 Å². The van der Waals surface area contributed by atoms with Gasteiger partial charge in [0.15, 0.2) is 0 Å². The van der Waals surface area contributed by atoms with Crippen molar-refractivity contribution < 1.29 is 4.74 Å². The molecule has 1 aromatic rings. The maximum Gasteiger partial charge on any atom is 0.226 e. The third-order valence-electron chi connectivity index (χ3n) is 5.30. The normalized spacial score (nSPS) is 24.4. The molecule has 0 radical (unpaired) electrons. The average Bonchev–Trinajstić information content (AvgIpc) is 2.95. The van der Waals surface area contributed by atoms with E-state index < -0.39 is 0 Å². The molecule has 4 rings (SSSR count). The second-order valence-electron chi connectivity index (χ2n) is 6.93. The van der Waals surface area contributed by atoms with Gasteiger partial charge in [-0.05, 0) is 31.1 Å². The first-order valence-corrected chi connectivity index (χ1v) is 10.6. The zero-order valence-electron chi connectivity index (χ0n) is 15.0. The molecule has 8 heteroatoms. The molecule has 0 amide bonds. The van der Waals surface area contributed by atoms with Crippen LogP contribution in [0.15, 0.2) is 16.4 Å². The zero-order chi connectivity index (χ0) is 17.1. The summed E-state index contributed by atoms with van der Waals surface area (Å²) in [6.45, 7) is 6.84. The quantitative estimate of drug-likeness (QED) is 0.768. The number of morpholine rings is 1. The Balaban J connectivity index is 1.40. The van der Waals surface area contributed by atoms with Crippen molar-refractivity contribution in [1.82, 2.24) is 25.0 Å². The van der Waals surface area contributed by atoms with Crippen molar-refractivity contribution in [2.75, 3.05) is 51.0 Å². The molecule has 3 heterocycles. The minimum absolute atomic E-state index is 0.404. The van der Waals surface area contributed by atoms with Crippen LogP contribution in [0.3, 0.4) is 0 Å². The van der Waals surface area contributed by atoms with Crippen LogP contribution in [0.4, 0.5) is 5.95 Å². The van der Waals surface area contributed by atoms with E-state index >= 15 is 0 Å². The Hall–Kier alpha value is -1.09. The largest absolute Gasteiger partial charge is 0.379 e. The Kier molecular flexibility index (Phi) is 5.60. The Bertz CT molecular complexity index is 625. The highest BCUT2D eigenvalue weighted by atomic mass is 32.2. The maximum atomic E-state index is 5.43. The van der Waals surface area contributed by atoms with Gasteiger partial charge in [-0.15, -0.1) is 5.10 Å². The molecule has 0 saturated carbocycles. The predicted molar refractivity (Wildman–Crippen MR) is 100.0 cm³/mol. The molecule has 25 heavy (non-hydrogen) atoms. The summed E-state index contributed by atoms with van der Waals surface area (Å²) in [6, 6.07) is 0.404. The van der Waals surface area contributed by atoms with Gasteiger partial charge in [0.2, 0.25) is 11.1 Å². The highest BCUT2D eigenvalue weighted by Gasteiger charge is 2.27. The van der Waals surface area contributed by atoms with Crippen LogP contribution in [-0.2, 0) is 11.3 Å². The summed E-state index contributed by atoms with van der Waals surface area (Å²) in [5.41, 5.74) is 2.85. The fourth-order valence-electron chi connectivity index (χ4n) is 3.89. The summed E-state index contributed by atoms with van der Waals surface area (Å²) >= 11 is 1.60. The molecule has 0 bridgehead atoms. The van der Waals surface area contributed by atoms with E-state index in [2.05, 4.69) is 25.6 Å². The number of nitrogens with zero attached hydrogens (tertiary/aromatic N) is 4. The van der Waals surface area contributed by atoms with Crippen LogP contribution in [0.25, 0.3) is 0 Å². The Morgan fingerprint density at radius 3 is 3.04 bits per heavy atom. The molecular weight excluding hydrogens is 336 g/mol. The fourth-order valence-corrected chi connectivity index (χ4v) is 4.25. The fraction of sp³-hybridized carbons (Fsp3) is 0.765. The van der Waals surface area contributed by atoms with Crippen molar-refractivity contribution in [3.63, 3.8) is 0 Å². The Morgan fingerprint density at radius 1 is 1.32 bits per heavy atom. The van der Waals surface area contributed by atoms with Crippen LogP contribution in [0.1, 0.15) is 25.7 Å². The van der Waals surface area contributed by atoms with Crippen LogP contribution >= 0.6 is 11.8 Å². The van der Waals surface area contributed by atoms with Crippen molar-refractivity contribution in [3.05, 3.63) is 11.3 Å². The summed E-state index contributed by atoms with van der Waals surface area (Å²) in [4.78, 5) is 7.08. The van der Waals surface area contributed by atoms with Crippen LogP contribution in [-0.4, -0.2) is 71.4 Å². The molecule has 3 aliphatic rings. The van der Waals surface area contributed by atoms with Crippen molar-refractivity contribution in [3.8, 4) is 0 Å². The minimum atomic E-state index is 0.404. The number of allylic oxidation sites excluding steroid dienone is 1. The SMILES string of the molecule is CSc1nc2n(n1)CC1=C(N2)C(NCCN2CCOCC2)CCCC1. The first kappa shape index (κ1) is 17.3. The molecule has 1 saturated heterocycles. The van der Waals surface area contributed by atoms with Crippen molar-refractivity contribution >= 4 is 17.7 Å². The number of hydrogen-bond acceptors (Lipinski definition) is 7. The van der Waals surface area contributed by atoms with Crippen molar-refractivity contribution in [2.24, 2.45) is 0 Å². The third kappa shape index (κ3) is 4.02. The van der Waals surface area contributed by atoms with E-state index in [0.29, 0.717) is 6.04 Å². The van der Waals surface area contributed by atoms with E-state index in [1.54, 1.807) is 11.8 Å². The smallest absolute Gasteiger partial charge is 0.226 e. The monoisotopic (exact) mass is 364 g/mol. The number of rotatable bonds is 5. The van der Waals surface area contributed by atoms with E-state index in [9.17, 15) is 0 Å². The van der Waals surface area contributed by atoms with E-state index in [-0.39, 0.29) is 0 Å². The molecule has 1 aliphatic carbocycles. The highest BCUT2D eigenvalue weighted by molar-refractivity contribution is 7.98. The van der Waals surface area contributed by atoms with Gasteiger partial charge < -0.3 is 15.4 Å². The zero-order valence-corrected chi connectivity index (χ0v) is 15.8. The van der Waals surface area contributed by atoms with E-state index in [0.717, 1.165) is 63.5 Å². The number of thioether (sulfide) groups is 1. The first-order valence-electron chi connectivity index (χ1n) is 9.35. The third-order valence-corrected chi connectivity index (χ3v) is 5.83. The molecule has 2 N–H and O–H groups in total. The molecule has 0 spiro atoms. The van der Waals surface area contributed by atoms with Gasteiger partial charge in [-0.3, -0.25) is 4.90 Å². The van der Waals surface area contributed by atoms with Gasteiger partial charge in [-0.1, -0.05) is 18.2 Å². The first-order chi connectivity index (χ1) is 12.3. The second-order valence-corrected chi connectivity index (χ2v) is 7.70. The number of hydrogen-bond donors (Lipinski definition) is 2. The summed E-state index contributed by atoms with van der Waals surface area (Å²) in [6.07, 6.45) is 6.92. The number of aromatic nitrogens is 3. The van der Waals surface area contributed by atoms with Gasteiger partial charge in [0, 0.05) is 37.9 Å². The molecule has 1 fully saturated rings. The highest BCUT2D eigenvalue weighted by Crippen LogP contribution is 2.31. The van der Waals surface area contributed by atoms with E-state index in [1.165, 1.54) is 30.5 Å². The van der Waals surface area contributed by atoms with Gasteiger partial charge >= 0.3 is 0 Å². The summed E-state index contributed by atoms with van der Waals surface area (Å²) in [5.74, 6) is 0.893. The number of nitrogens with one attached hydrogen (secondary N) is 2. The lowest BCUT2D eigenvalue weighted by Crippen LogP contribution is -2.44. The number of ether oxygens (including phenoxy) is 1. The van der Waals surface area contributed by atoms with Gasteiger partial charge in [-0.2, -0.15) is 4.98 Å². The molecule has 7 nitrogen and oxygen atoms in total. The molecule has 0 aromatic carbocycles. The minimum Gasteiger partial charge on any atom is -0.379 e. The van der Waals surface area contributed by atoms with E-state index in [4.69, 9.17) is 4.74 Å². The molecule has 1 unspecified atom stereocenters. The predicted octanol–water partition coefficient (Wildman–Crippen LogP) is 1.54. The van der Waals surface area contributed by atoms with Crippen LogP contribution in [0.2, 0.25) is 0 Å². The van der Waals surface area contributed by atoms with Gasteiger partial charge in [0.1, 0.15) is 0 Å². The van der Waals surface area contributed by atoms with Crippen molar-refractivity contribution in [2.45, 2.75) is 43.4 Å². The number of anilines is 1. The molecule has 1 aromatic heterocycles. The Labute approximate surface area is 153 Å². The summed E-state index contributed by atoms with van der Waals surface area (Å²) in [7, 11) is 0. The van der Waals surface area contributed by atoms with E-state index in [1.807, 2.05) is 10.9 Å². The molecule has 138 valence electrons. The summed E-state index contributed by atoms with van der Waals surface area (Å²) < 4.78 is 7.45. The lowest BCUT2D eigenvalue weighted by atomic mass is 10.0. The van der Waals surface area contributed by atoms with Crippen LogP contribution < -0.4 is 10.6 Å². The van der Waals surface area contributed by atoms with Gasteiger partial charge in [-0.25, -0.2) is 4.68 Å². The van der Waals surface area contributed by atoms with Gasteiger partial charge in [0.25, 0.3) is 0 Å². The number of fused-ring (bicyclic) bond motifs is 1. The van der Waals surface area contributed by atoms with Crippen LogP contribution in [0, 0.1) is 0 Å². The lowest BCUT2D eigenvalue weighted by molar-refractivity contribution is 0.0382. The van der Waals surface area contributed by atoms with Crippen molar-refractivity contribution in [1.29, 1.82) is 0 Å².